The highest BCUT2D eigenvalue weighted by molar-refractivity contribution is 6.33. The van der Waals surface area contributed by atoms with Crippen LogP contribution in [-0.2, 0) is 13.0 Å². The molecule has 0 radical (unpaired) electrons. The van der Waals surface area contributed by atoms with E-state index in [-0.39, 0.29) is 22.0 Å². The number of pyridine rings is 1. The number of hydrogen-bond acceptors (Lipinski definition) is 3. The van der Waals surface area contributed by atoms with Crippen LogP contribution in [0.25, 0.3) is 0 Å². The number of amides is 1. The third-order valence-electron chi connectivity index (χ3n) is 3.50. The van der Waals surface area contributed by atoms with Crippen LogP contribution < -0.4 is 0 Å². The Bertz CT molecular complexity index is 699. The maximum absolute atomic E-state index is 12.5. The molecule has 0 unspecified atom stereocenters. The smallest absolute Gasteiger partial charge is 0.254 e. The Kier molecular flexibility index (Phi) is 3.74. The summed E-state index contributed by atoms with van der Waals surface area (Å²) in [6.45, 7) is 1.08. The zero-order chi connectivity index (χ0) is 15.0. The second-order valence-electron chi connectivity index (χ2n) is 4.93. The average Bonchev–Trinajstić information content (AvgIpc) is 2.44. The molecule has 1 N–H and O–H groups in total. The topological polar surface area (TPSA) is 53.4 Å². The van der Waals surface area contributed by atoms with Crippen molar-refractivity contribution in [2.75, 3.05) is 6.54 Å². The van der Waals surface area contributed by atoms with Gasteiger partial charge in [-0.2, -0.15) is 0 Å². The fourth-order valence-corrected chi connectivity index (χ4v) is 2.95. The van der Waals surface area contributed by atoms with E-state index < -0.39 is 0 Å². The van der Waals surface area contributed by atoms with Crippen molar-refractivity contribution in [3.63, 3.8) is 0 Å². The molecule has 108 valence electrons. The number of nitrogens with zero attached hydrogens (tertiary/aromatic N) is 2. The fourth-order valence-electron chi connectivity index (χ4n) is 2.49. The summed E-state index contributed by atoms with van der Waals surface area (Å²) in [4.78, 5) is 18.1. The standard InChI is InChI=1S/C15H12Cl2N2O2/c16-13-6-10(7-14(17)18-13)15(21)19-4-3-9-1-2-12(20)5-11(9)8-19/h1-2,5-7,20H,3-4,8H2. The molecule has 6 heteroatoms. The van der Waals surface area contributed by atoms with Crippen LogP contribution in [0.15, 0.2) is 30.3 Å². The summed E-state index contributed by atoms with van der Waals surface area (Å²) >= 11 is 11.7. The number of phenols is 1. The zero-order valence-corrected chi connectivity index (χ0v) is 12.5. The van der Waals surface area contributed by atoms with Crippen LogP contribution in [0.4, 0.5) is 0 Å². The Morgan fingerprint density at radius 3 is 2.57 bits per heavy atom. The molecule has 1 amide bonds. The SMILES string of the molecule is O=C(c1cc(Cl)nc(Cl)c1)N1CCc2ccc(O)cc2C1. The van der Waals surface area contributed by atoms with Gasteiger partial charge in [0, 0.05) is 18.7 Å². The van der Waals surface area contributed by atoms with E-state index in [4.69, 9.17) is 23.2 Å². The molecule has 1 aliphatic heterocycles. The van der Waals surface area contributed by atoms with E-state index in [1.807, 2.05) is 6.07 Å². The van der Waals surface area contributed by atoms with Gasteiger partial charge in [0.1, 0.15) is 16.1 Å². The Morgan fingerprint density at radius 1 is 1.14 bits per heavy atom. The Labute approximate surface area is 131 Å². The summed E-state index contributed by atoms with van der Waals surface area (Å²) in [6, 6.07) is 8.27. The maximum atomic E-state index is 12.5. The van der Waals surface area contributed by atoms with Gasteiger partial charge in [0.2, 0.25) is 0 Å². The quantitative estimate of drug-likeness (QED) is 0.819. The van der Waals surface area contributed by atoms with Gasteiger partial charge in [-0.25, -0.2) is 4.98 Å². The first-order valence-electron chi connectivity index (χ1n) is 6.46. The van der Waals surface area contributed by atoms with Crippen LogP contribution in [0, 0.1) is 0 Å². The number of fused-ring (bicyclic) bond motifs is 1. The summed E-state index contributed by atoms with van der Waals surface area (Å²) in [5.41, 5.74) is 2.53. The van der Waals surface area contributed by atoms with Crippen LogP contribution in [0.2, 0.25) is 10.3 Å². The molecule has 1 aromatic heterocycles. The molecule has 0 atom stereocenters. The van der Waals surface area contributed by atoms with Gasteiger partial charge >= 0.3 is 0 Å². The van der Waals surface area contributed by atoms with Crippen molar-refractivity contribution >= 4 is 29.1 Å². The molecule has 2 heterocycles. The number of carbonyl (C=O) groups is 1. The summed E-state index contributed by atoms with van der Waals surface area (Å²) in [5, 5.41) is 9.95. The van der Waals surface area contributed by atoms with E-state index in [2.05, 4.69) is 4.98 Å². The first-order valence-corrected chi connectivity index (χ1v) is 7.21. The molecule has 1 aromatic carbocycles. The Hall–Kier alpha value is -1.78. The van der Waals surface area contributed by atoms with Crippen LogP contribution in [0.5, 0.6) is 5.75 Å². The first kappa shape index (κ1) is 14.2. The largest absolute Gasteiger partial charge is 0.508 e. The van der Waals surface area contributed by atoms with Crippen molar-refractivity contribution < 1.29 is 9.90 Å². The second-order valence-corrected chi connectivity index (χ2v) is 5.71. The lowest BCUT2D eigenvalue weighted by Gasteiger charge is -2.29. The lowest BCUT2D eigenvalue weighted by Crippen LogP contribution is -2.36. The van der Waals surface area contributed by atoms with Crippen molar-refractivity contribution in [2.45, 2.75) is 13.0 Å². The van der Waals surface area contributed by atoms with E-state index in [1.165, 1.54) is 12.1 Å². The second kappa shape index (κ2) is 5.54. The monoisotopic (exact) mass is 322 g/mol. The molecular formula is C15H12Cl2N2O2. The Morgan fingerprint density at radius 2 is 1.86 bits per heavy atom. The minimum Gasteiger partial charge on any atom is -0.508 e. The summed E-state index contributed by atoms with van der Waals surface area (Å²) < 4.78 is 0. The van der Waals surface area contributed by atoms with E-state index in [0.29, 0.717) is 18.7 Å². The lowest BCUT2D eigenvalue weighted by atomic mass is 9.99. The van der Waals surface area contributed by atoms with Crippen molar-refractivity contribution in [3.8, 4) is 5.75 Å². The molecule has 0 saturated heterocycles. The third-order valence-corrected chi connectivity index (χ3v) is 3.89. The molecule has 0 bridgehead atoms. The maximum Gasteiger partial charge on any atom is 0.254 e. The lowest BCUT2D eigenvalue weighted by molar-refractivity contribution is 0.0734. The highest BCUT2D eigenvalue weighted by Crippen LogP contribution is 2.25. The van der Waals surface area contributed by atoms with Gasteiger partial charge in [-0.05, 0) is 41.8 Å². The van der Waals surface area contributed by atoms with Crippen LogP contribution in [0.3, 0.4) is 0 Å². The molecule has 4 nitrogen and oxygen atoms in total. The highest BCUT2D eigenvalue weighted by Gasteiger charge is 2.22. The molecule has 0 aliphatic carbocycles. The van der Waals surface area contributed by atoms with Gasteiger partial charge in [0.05, 0.1) is 0 Å². The van der Waals surface area contributed by atoms with E-state index in [1.54, 1.807) is 17.0 Å². The number of aromatic hydroxyl groups is 1. The van der Waals surface area contributed by atoms with Crippen LogP contribution >= 0.6 is 23.2 Å². The number of carbonyl (C=O) groups excluding carboxylic acids is 1. The molecule has 1 aliphatic rings. The number of aromatic nitrogens is 1. The molecule has 21 heavy (non-hydrogen) atoms. The van der Waals surface area contributed by atoms with Gasteiger partial charge in [0.15, 0.2) is 0 Å². The van der Waals surface area contributed by atoms with Crippen LogP contribution in [0.1, 0.15) is 21.5 Å². The summed E-state index contributed by atoms with van der Waals surface area (Å²) in [5.74, 6) is 0.0632. The van der Waals surface area contributed by atoms with E-state index >= 15 is 0 Å². The summed E-state index contributed by atoms with van der Waals surface area (Å²) in [7, 11) is 0. The van der Waals surface area contributed by atoms with Gasteiger partial charge in [0.25, 0.3) is 5.91 Å². The molecule has 0 fully saturated rings. The molecule has 0 spiro atoms. The molecule has 3 rings (SSSR count). The van der Waals surface area contributed by atoms with Gasteiger partial charge in [-0.3, -0.25) is 4.79 Å². The molecular weight excluding hydrogens is 311 g/mol. The number of hydrogen-bond donors (Lipinski definition) is 1. The summed E-state index contributed by atoms with van der Waals surface area (Å²) in [6.07, 6.45) is 0.758. The highest BCUT2D eigenvalue weighted by atomic mass is 35.5. The van der Waals surface area contributed by atoms with Crippen molar-refractivity contribution in [2.24, 2.45) is 0 Å². The Balaban J connectivity index is 1.86. The van der Waals surface area contributed by atoms with Crippen molar-refractivity contribution in [1.82, 2.24) is 9.88 Å². The number of halogens is 2. The predicted molar refractivity (Wildman–Crippen MR) is 80.8 cm³/mol. The van der Waals surface area contributed by atoms with Gasteiger partial charge in [-0.15, -0.1) is 0 Å². The number of rotatable bonds is 1. The van der Waals surface area contributed by atoms with Crippen molar-refractivity contribution in [1.29, 1.82) is 0 Å². The predicted octanol–water partition coefficient (Wildman–Crippen LogP) is 3.29. The molecule has 0 saturated carbocycles. The number of phenolic OH excluding ortho intramolecular Hbond substituents is 1. The minimum atomic E-state index is -0.143. The first-order chi connectivity index (χ1) is 10.0. The van der Waals surface area contributed by atoms with Gasteiger partial charge in [-0.1, -0.05) is 29.3 Å². The van der Waals surface area contributed by atoms with Crippen LogP contribution in [-0.4, -0.2) is 27.4 Å². The normalized spacial score (nSPS) is 13.9. The minimum absolute atomic E-state index is 0.143. The zero-order valence-electron chi connectivity index (χ0n) is 11.0. The van der Waals surface area contributed by atoms with Crippen molar-refractivity contribution in [3.05, 3.63) is 57.3 Å². The van der Waals surface area contributed by atoms with E-state index in [0.717, 1.165) is 17.5 Å². The third kappa shape index (κ3) is 2.96. The van der Waals surface area contributed by atoms with Gasteiger partial charge < -0.3 is 10.0 Å². The van der Waals surface area contributed by atoms with E-state index in [9.17, 15) is 9.90 Å². The average molecular weight is 323 g/mol. The number of benzene rings is 1. The fraction of sp³-hybridized carbons (Fsp3) is 0.200. The molecule has 2 aromatic rings.